The van der Waals surface area contributed by atoms with E-state index in [0.717, 1.165) is 11.8 Å². The maximum absolute atomic E-state index is 12.3. The second-order valence-corrected chi connectivity index (χ2v) is 5.23. The summed E-state index contributed by atoms with van der Waals surface area (Å²) in [7, 11) is 0. The predicted molar refractivity (Wildman–Crippen MR) is 61.1 cm³/mol. The van der Waals surface area contributed by atoms with Crippen molar-refractivity contribution in [2.75, 3.05) is 5.75 Å². The molecule has 1 aliphatic heterocycles. The summed E-state index contributed by atoms with van der Waals surface area (Å²) in [5, 5.41) is 0.398. The third-order valence-electron chi connectivity index (χ3n) is 2.53. The van der Waals surface area contributed by atoms with E-state index in [1.807, 2.05) is 0 Å². The molecule has 0 saturated carbocycles. The minimum Gasteiger partial charge on any atom is -0.293 e. The fourth-order valence-electron chi connectivity index (χ4n) is 1.65. The van der Waals surface area contributed by atoms with Crippen LogP contribution in [0.15, 0.2) is 23.1 Å². The van der Waals surface area contributed by atoms with Gasteiger partial charge in [-0.25, -0.2) is 0 Å². The lowest BCUT2D eigenvalue weighted by Crippen LogP contribution is -2.38. The van der Waals surface area contributed by atoms with Crippen molar-refractivity contribution in [2.45, 2.75) is 11.1 Å². The van der Waals surface area contributed by atoms with Gasteiger partial charge in [0.25, 0.3) is 0 Å². The predicted octanol–water partition coefficient (Wildman–Crippen LogP) is 3.38. The van der Waals surface area contributed by atoms with Crippen molar-refractivity contribution < 1.29 is 22.8 Å². The van der Waals surface area contributed by atoms with Crippen LogP contribution in [0.5, 0.6) is 0 Å². The standard InChI is InChI=1S/C11H6ClF3O2S/c12-5-1-2-6-8(3-5)18-4-7(9(6)16)10(17)11(13,14)15/h1-3,7H,4H2. The van der Waals surface area contributed by atoms with Crippen LogP contribution in [0.2, 0.25) is 5.02 Å². The molecule has 1 unspecified atom stereocenters. The lowest BCUT2D eigenvalue weighted by atomic mass is 9.94. The number of halogens is 4. The van der Waals surface area contributed by atoms with E-state index in [-0.39, 0.29) is 11.3 Å². The number of carbonyl (C=O) groups is 2. The smallest absolute Gasteiger partial charge is 0.293 e. The molecule has 0 aliphatic carbocycles. The molecule has 0 fully saturated rings. The van der Waals surface area contributed by atoms with Crippen LogP contribution in [0.1, 0.15) is 10.4 Å². The number of ketones is 2. The molecule has 7 heteroatoms. The molecule has 1 atom stereocenters. The number of Topliss-reactive ketones (excluding diaryl/α,β-unsaturated/α-hetero) is 2. The third kappa shape index (κ3) is 2.40. The summed E-state index contributed by atoms with van der Waals surface area (Å²) in [4.78, 5) is 23.5. The first-order chi connectivity index (χ1) is 8.30. The van der Waals surface area contributed by atoms with Crippen molar-refractivity contribution in [3.8, 4) is 0 Å². The van der Waals surface area contributed by atoms with Gasteiger partial charge in [-0.15, -0.1) is 11.8 Å². The fourth-order valence-corrected chi connectivity index (χ4v) is 3.07. The molecule has 0 amide bonds. The Bertz CT molecular complexity index is 528. The number of thioether (sulfide) groups is 1. The molecule has 1 aromatic rings. The highest BCUT2D eigenvalue weighted by atomic mass is 35.5. The first kappa shape index (κ1) is 13.4. The van der Waals surface area contributed by atoms with Crippen molar-refractivity contribution in [3.05, 3.63) is 28.8 Å². The molecule has 0 radical (unpaired) electrons. The zero-order chi connectivity index (χ0) is 13.5. The second kappa shape index (κ2) is 4.59. The van der Waals surface area contributed by atoms with Gasteiger partial charge in [-0.1, -0.05) is 11.6 Å². The highest BCUT2D eigenvalue weighted by molar-refractivity contribution is 7.99. The lowest BCUT2D eigenvalue weighted by Gasteiger charge is -2.22. The maximum atomic E-state index is 12.3. The number of alkyl halides is 3. The minimum atomic E-state index is -4.98. The normalized spacial score (nSPS) is 19.6. The Morgan fingerprint density at radius 2 is 2.06 bits per heavy atom. The van der Waals surface area contributed by atoms with E-state index in [2.05, 4.69) is 0 Å². The quantitative estimate of drug-likeness (QED) is 0.745. The Labute approximate surface area is 109 Å². The summed E-state index contributed by atoms with van der Waals surface area (Å²) >= 11 is 6.76. The lowest BCUT2D eigenvalue weighted by molar-refractivity contribution is -0.173. The van der Waals surface area contributed by atoms with Gasteiger partial charge in [0.2, 0.25) is 5.78 Å². The van der Waals surface area contributed by atoms with Crippen LogP contribution in [0.3, 0.4) is 0 Å². The molecule has 96 valence electrons. The molecule has 1 aromatic carbocycles. The van der Waals surface area contributed by atoms with Gasteiger partial charge in [0.1, 0.15) is 0 Å². The fraction of sp³-hybridized carbons (Fsp3) is 0.273. The molecular weight excluding hydrogens is 289 g/mol. The number of rotatable bonds is 1. The number of benzene rings is 1. The topological polar surface area (TPSA) is 34.1 Å². The molecule has 1 heterocycles. The average molecular weight is 295 g/mol. The van der Waals surface area contributed by atoms with Gasteiger partial charge in [-0.2, -0.15) is 13.2 Å². The van der Waals surface area contributed by atoms with Crippen molar-refractivity contribution in [1.29, 1.82) is 0 Å². The van der Waals surface area contributed by atoms with E-state index in [9.17, 15) is 22.8 Å². The Hall–Kier alpha value is -1.01. The maximum Gasteiger partial charge on any atom is 0.450 e. The molecule has 0 bridgehead atoms. The molecule has 1 aliphatic rings. The van der Waals surface area contributed by atoms with Crippen molar-refractivity contribution >= 4 is 34.9 Å². The van der Waals surface area contributed by atoms with Crippen LogP contribution >= 0.6 is 23.4 Å². The average Bonchev–Trinajstić information content (AvgIpc) is 2.27. The van der Waals surface area contributed by atoms with Crippen molar-refractivity contribution in [1.82, 2.24) is 0 Å². The summed E-state index contributed by atoms with van der Waals surface area (Å²) in [5.74, 6) is -4.63. The number of hydrogen-bond acceptors (Lipinski definition) is 3. The van der Waals surface area contributed by atoms with E-state index >= 15 is 0 Å². The molecule has 0 N–H and O–H groups in total. The van der Waals surface area contributed by atoms with E-state index in [4.69, 9.17) is 11.6 Å². The first-order valence-electron chi connectivity index (χ1n) is 4.88. The summed E-state index contributed by atoms with van der Waals surface area (Å²) in [5.41, 5.74) is 0.123. The van der Waals surface area contributed by atoms with Gasteiger partial charge >= 0.3 is 6.18 Å². The van der Waals surface area contributed by atoms with Gasteiger partial charge in [0.05, 0.1) is 5.92 Å². The summed E-state index contributed by atoms with van der Waals surface area (Å²) in [6, 6.07) is 4.27. The molecule has 0 aromatic heterocycles. The molecular formula is C11H6ClF3O2S. The number of carbonyl (C=O) groups excluding carboxylic acids is 2. The summed E-state index contributed by atoms with van der Waals surface area (Å²) in [6.45, 7) is 0. The Balaban J connectivity index is 2.35. The van der Waals surface area contributed by atoms with E-state index in [0.29, 0.717) is 9.92 Å². The van der Waals surface area contributed by atoms with Crippen LogP contribution in [0.25, 0.3) is 0 Å². The van der Waals surface area contributed by atoms with Gasteiger partial charge in [0, 0.05) is 21.2 Å². The van der Waals surface area contributed by atoms with Gasteiger partial charge in [-0.3, -0.25) is 9.59 Å². The Morgan fingerprint density at radius 1 is 1.39 bits per heavy atom. The number of hydrogen-bond donors (Lipinski definition) is 0. The highest BCUT2D eigenvalue weighted by Gasteiger charge is 2.47. The van der Waals surface area contributed by atoms with E-state index < -0.39 is 23.7 Å². The van der Waals surface area contributed by atoms with Crippen LogP contribution in [-0.2, 0) is 4.79 Å². The third-order valence-corrected chi connectivity index (χ3v) is 3.91. The summed E-state index contributed by atoms with van der Waals surface area (Å²) < 4.78 is 36.9. The van der Waals surface area contributed by atoms with Crippen LogP contribution in [0, 0.1) is 5.92 Å². The van der Waals surface area contributed by atoms with Crippen molar-refractivity contribution in [3.63, 3.8) is 0 Å². The highest BCUT2D eigenvalue weighted by Crippen LogP contribution is 2.37. The largest absolute Gasteiger partial charge is 0.450 e. The van der Waals surface area contributed by atoms with Crippen LogP contribution < -0.4 is 0 Å². The zero-order valence-electron chi connectivity index (χ0n) is 8.75. The minimum absolute atomic E-state index is 0.123. The molecule has 0 saturated heterocycles. The van der Waals surface area contributed by atoms with E-state index in [1.165, 1.54) is 18.2 Å². The van der Waals surface area contributed by atoms with Crippen LogP contribution in [0.4, 0.5) is 13.2 Å². The van der Waals surface area contributed by atoms with Gasteiger partial charge in [-0.05, 0) is 18.2 Å². The molecule has 2 rings (SSSR count). The van der Waals surface area contributed by atoms with Crippen LogP contribution in [-0.4, -0.2) is 23.5 Å². The SMILES string of the molecule is O=C1c2ccc(Cl)cc2SCC1C(=O)C(F)(F)F. The first-order valence-corrected chi connectivity index (χ1v) is 6.24. The number of fused-ring (bicyclic) bond motifs is 1. The summed E-state index contributed by atoms with van der Waals surface area (Å²) in [6.07, 6.45) is -4.98. The van der Waals surface area contributed by atoms with Crippen molar-refractivity contribution in [2.24, 2.45) is 5.92 Å². The molecule has 2 nitrogen and oxygen atoms in total. The molecule has 18 heavy (non-hydrogen) atoms. The van der Waals surface area contributed by atoms with Gasteiger partial charge in [0.15, 0.2) is 5.78 Å². The monoisotopic (exact) mass is 294 g/mol. The van der Waals surface area contributed by atoms with E-state index in [1.54, 1.807) is 0 Å². The van der Waals surface area contributed by atoms with Gasteiger partial charge < -0.3 is 0 Å². The second-order valence-electron chi connectivity index (χ2n) is 3.73. The Kier molecular flexibility index (Phi) is 3.42. The molecule has 0 spiro atoms. The Morgan fingerprint density at radius 3 is 2.67 bits per heavy atom. The zero-order valence-corrected chi connectivity index (χ0v) is 10.3.